The lowest BCUT2D eigenvalue weighted by atomic mass is 10.3. The highest BCUT2D eigenvalue weighted by Crippen LogP contribution is 2.30. The minimum atomic E-state index is -4.84. The average molecular weight is 304 g/mol. The molecule has 0 aromatic carbocycles. The van der Waals surface area contributed by atoms with Gasteiger partial charge in [0.15, 0.2) is 0 Å². The van der Waals surface area contributed by atoms with Crippen LogP contribution in [0, 0.1) is 0 Å². The number of alkyl halides is 3. The predicted octanol–water partition coefficient (Wildman–Crippen LogP) is 3.12. The Labute approximate surface area is 95.3 Å². The first-order chi connectivity index (χ1) is 6.79. The second-order valence-electron chi connectivity index (χ2n) is 2.32. The van der Waals surface area contributed by atoms with E-state index in [1.807, 2.05) is 0 Å². The molecule has 3 nitrogen and oxygen atoms in total. The van der Waals surface area contributed by atoms with Gasteiger partial charge >= 0.3 is 6.36 Å². The smallest absolute Gasteiger partial charge is 0.404 e. The zero-order chi connectivity index (χ0) is 11.6. The number of nitrogens with zero attached hydrogens (tertiary/aromatic N) is 1. The molecule has 0 saturated heterocycles. The SMILES string of the molecule is O=C(Cl)c1cc(OC(F)(F)F)c(Br)cn1. The molecule has 8 heteroatoms. The number of carbonyl (C=O) groups excluding carboxylic acids is 1. The van der Waals surface area contributed by atoms with Gasteiger partial charge in [-0.1, -0.05) is 0 Å². The van der Waals surface area contributed by atoms with E-state index in [-0.39, 0.29) is 10.2 Å². The zero-order valence-electron chi connectivity index (χ0n) is 6.81. The lowest BCUT2D eigenvalue weighted by Crippen LogP contribution is -2.17. The predicted molar refractivity (Wildman–Crippen MR) is 48.8 cm³/mol. The van der Waals surface area contributed by atoms with Gasteiger partial charge in [0.1, 0.15) is 11.4 Å². The summed E-state index contributed by atoms with van der Waals surface area (Å²) in [5, 5.41) is -0.963. The molecule has 0 aliphatic heterocycles. The van der Waals surface area contributed by atoms with E-state index in [1.165, 1.54) is 0 Å². The summed E-state index contributed by atoms with van der Waals surface area (Å²) in [6.45, 7) is 0. The summed E-state index contributed by atoms with van der Waals surface area (Å²) in [5.74, 6) is -0.568. The number of aromatic nitrogens is 1. The molecular weight excluding hydrogens is 302 g/mol. The largest absolute Gasteiger partial charge is 0.573 e. The van der Waals surface area contributed by atoms with E-state index in [4.69, 9.17) is 11.6 Å². The maximum absolute atomic E-state index is 11.9. The molecule has 0 fully saturated rings. The van der Waals surface area contributed by atoms with Crippen molar-refractivity contribution in [1.82, 2.24) is 4.98 Å². The summed E-state index contributed by atoms with van der Waals surface area (Å²) in [7, 11) is 0. The van der Waals surface area contributed by atoms with Crippen molar-refractivity contribution in [1.29, 1.82) is 0 Å². The normalized spacial score (nSPS) is 11.3. The Morgan fingerprint density at radius 3 is 2.60 bits per heavy atom. The Balaban J connectivity index is 3.06. The van der Waals surface area contributed by atoms with Crippen LogP contribution in [0.2, 0.25) is 0 Å². The lowest BCUT2D eigenvalue weighted by Gasteiger charge is -2.10. The molecule has 0 atom stereocenters. The summed E-state index contributed by atoms with van der Waals surface area (Å²) >= 11 is 7.84. The summed E-state index contributed by atoms with van der Waals surface area (Å²) in [4.78, 5) is 14.1. The Bertz CT molecular complexity index is 396. The number of hydrogen-bond acceptors (Lipinski definition) is 3. The fourth-order valence-electron chi connectivity index (χ4n) is 0.731. The standard InChI is InChI=1S/C7H2BrClF3NO2/c8-3-2-13-4(6(9)14)1-5(3)15-7(10,11)12/h1-2H. The molecule has 1 aromatic heterocycles. The van der Waals surface area contributed by atoms with Gasteiger partial charge in [0.2, 0.25) is 0 Å². The number of rotatable bonds is 2. The lowest BCUT2D eigenvalue weighted by molar-refractivity contribution is -0.274. The zero-order valence-corrected chi connectivity index (χ0v) is 9.15. The van der Waals surface area contributed by atoms with Crippen LogP contribution in [0.15, 0.2) is 16.7 Å². The molecule has 15 heavy (non-hydrogen) atoms. The van der Waals surface area contributed by atoms with Crippen molar-refractivity contribution in [3.63, 3.8) is 0 Å². The Morgan fingerprint density at radius 2 is 2.13 bits per heavy atom. The highest BCUT2D eigenvalue weighted by molar-refractivity contribution is 9.10. The van der Waals surface area contributed by atoms with Gasteiger partial charge in [-0.15, -0.1) is 13.2 Å². The Morgan fingerprint density at radius 1 is 1.53 bits per heavy atom. The molecule has 0 bridgehead atoms. The van der Waals surface area contributed by atoms with E-state index in [1.54, 1.807) is 0 Å². The summed E-state index contributed by atoms with van der Waals surface area (Å²) in [5.41, 5.74) is -0.320. The average Bonchev–Trinajstić information content (AvgIpc) is 2.06. The van der Waals surface area contributed by atoms with E-state index in [9.17, 15) is 18.0 Å². The fourth-order valence-corrected chi connectivity index (χ4v) is 1.13. The third kappa shape index (κ3) is 3.67. The molecular formula is C7H2BrClF3NO2. The van der Waals surface area contributed by atoms with Gasteiger partial charge in [-0.3, -0.25) is 9.78 Å². The van der Waals surface area contributed by atoms with Crippen molar-refractivity contribution in [3.8, 4) is 5.75 Å². The van der Waals surface area contributed by atoms with Gasteiger partial charge < -0.3 is 4.74 Å². The number of carbonyl (C=O) groups is 1. The van der Waals surface area contributed by atoms with Crippen LogP contribution in [0.3, 0.4) is 0 Å². The van der Waals surface area contributed by atoms with E-state index in [0.717, 1.165) is 12.3 Å². The van der Waals surface area contributed by atoms with Gasteiger partial charge in [0.05, 0.1) is 4.47 Å². The molecule has 0 saturated carbocycles. The van der Waals surface area contributed by atoms with E-state index < -0.39 is 17.4 Å². The highest BCUT2D eigenvalue weighted by Gasteiger charge is 2.32. The van der Waals surface area contributed by atoms with Crippen LogP contribution in [-0.2, 0) is 0 Å². The van der Waals surface area contributed by atoms with Crippen LogP contribution in [0.1, 0.15) is 10.5 Å². The number of hydrogen-bond donors (Lipinski definition) is 0. The van der Waals surface area contributed by atoms with Crippen LogP contribution in [0.25, 0.3) is 0 Å². The molecule has 0 unspecified atom stereocenters. The molecule has 0 spiro atoms. The third-order valence-corrected chi connectivity index (χ3v) is 2.04. The summed E-state index contributed by atoms with van der Waals surface area (Å²) in [6.07, 6.45) is -3.84. The second kappa shape index (κ2) is 4.36. The molecule has 0 N–H and O–H groups in total. The maximum atomic E-state index is 11.9. The van der Waals surface area contributed by atoms with Crippen LogP contribution in [-0.4, -0.2) is 16.6 Å². The molecule has 1 heterocycles. The fraction of sp³-hybridized carbons (Fsp3) is 0.143. The number of ether oxygens (including phenoxy) is 1. The maximum Gasteiger partial charge on any atom is 0.573 e. The number of pyridine rings is 1. The quantitative estimate of drug-likeness (QED) is 0.788. The Hall–Kier alpha value is -0.820. The van der Waals surface area contributed by atoms with Crippen molar-refractivity contribution < 1.29 is 22.7 Å². The summed E-state index contributed by atoms with van der Waals surface area (Å²) in [6, 6.07) is 0.799. The minimum Gasteiger partial charge on any atom is -0.404 e. The first kappa shape index (κ1) is 12.3. The highest BCUT2D eigenvalue weighted by atomic mass is 79.9. The van der Waals surface area contributed by atoms with Crippen LogP contribution in [0.4, 0.5) is 13.2 Å². The van der Waals surface area contributed by atoms with E-state index in [0.29, 0.717) is 0 Å². The van der Waals surface area contributed by atoms with Crippen LogP contribution >= 0.6 is 27.5 Å². The van der Waals surface area contributed by atoms with Crippen LogP contribution in [0.5, 0.6) is 5.75 Å². The van der Waals surface area contributed by atoms with Gasteiger partial charge in [0, 0.05) is 12.3 Å². The van der Waals surface area contributed by atoms with Gasteiger partial charge in [0.25, 0.3) is 5.24 Å². The first-order valence-corrected chi connectivity index (χ1v) is 4.58. The van der Waals surface area contributed by atoms with Gasteiger partial charge in [-0.05, 0) is 27.5 Å². The van der Waals surface area contributed by atoms with Crippen molar-refractivity contribution in [3.05, 3.63) is 22.4 Å². The topological polar surface area (TPSA) is 39.2 Å². The molecule has 82 valence electrons. The van der Waals surface area contributed by atoms with E-state index >= 15 is 0 Å². The van der Waals surface area contributed by atoms with Crippen molar-refractivity contribution >= 4 is 32.8 Å². The van der Waals surface area contributed by atoms with Gasteiger partial charge in [-0.2, -0.15) is 0 Å². The Kier molecular flexibility index (Phi) is 3.56. The summed E-state index contributed by atoms with van der Waals surface area (Å²) < 4.78 is 39.2. The molecule has 1 aromatic rings. The van der Waals surface area contributed by atoms with Gasteiger partial charge in [-0.25, -0.2) is 0 Å². The second-order valence-corrected chi connectivity index (χ2v) is 3.52. The minimum absolute atomic E-state index is 0.0264. The molecule has 0 aliphatic rings. The molecule has 0 radical (unpaired) electrons. The van der Waals surface area contributed by atoms with Crippen molar-refractivity contribution in [2.75, 3.05) is 0 Å². The monoisotopic (exact) mass is 303 g/mol. The molecule has 1 rings (SSSR count). The van der Waals surface area contributed by atoms with E-state index in [2.05, 4.69) is 25.7 Å². The van der Waals surface area contributed by atoms with Crippen LogP contribution < -0.4 is 4.74 Å². The molecule has 0 aliphatic carbocycles. The number of halogens is 5. The third-order valence-electron chi connectivity index (χ3n) is 1.25. The molecule has 0 amide bonds. The van der Waals surface area contributed by atoms with Crippen molar-refractivity contribution in [2.45, 2.75) is 6.36 Å². The first-order valence-electron chi connectivity index (χ1n) is 3.41. The van der Waals surface area contributed by atoms with Crippen molar-refractivity contribution in [2.24, 2.45) is 0 Å².